The number of hydrogen-bond acceptors (Lipinski definition) is 6. The number of anilines is 1. The van der Waals surface area contributed by atoms with Crippen LogP contribution in [0.1, 0.15) is 35.5 Å². The molecule has 0 aliphatic heterocycles. The fourth-order valence-electron chi connectivity index (χ4n) is 2.81. The Bertz CT molecular complexity index is 1280. The number of carbonyl (C=O) groups excluding carboxylic acids is 3. The molecule has 7 nitrogen and oxygen atoms in total. The molecule has 3 N–H and O–H groups in total. The number of carbonyl (C=O) groups is 3. The molecule has 0 unspecified atom stereocenters. The van der Waals surface area contributed by atoms with Crippen LogP contribution in [0.15, 0.2) is 65.3 Å². The van der Waals surface area contributed by atoms with Crippen LogP contribution in [0.3, 0.4) is 0 Å². The Kier molecular flexibility index (Phi) is 6.15. The molecule has 0 radical (unpaired) electrons. The highest BCUT2D eigenvalue weighted by Gasteiger charge is 2.18. The number of aryl methyl sites for hydroxylation is 1. The molecule has 3 aromatic heterocycles. The van der Waals surface area contributed by atoms with E-state index < -0.39 is 17.7 Å². The van der Waals surface area contributed by atoms with E-state index in [2.05, 4.69) is 16.2 Å². The van der Waals surface area contributed by atoms with Crippen molar-refractivity contribution in [2.45, 2.75) is 6.92 Å². The minimum atomic E-state index is -0.505. The summed E-state index contributed by atoms with van der Waals surface area (Å²) in [5, 5.41) is 3.14. The summed E-state index contributed by atoms with van der Waals surface area (Å²) in [5.74, 6) is -1.58. The van der Waals surface area contributed by atoms with Crippen LogP contribution in [0.25, 0.3) is 10.4 Å². The molecule has 32 heavy (non-hydrogen) atoms. The van der Waals surface area contributed by atoms with Crippen LogP contribution < -0.4 is 16.2 Å². The Morgan fingerprint density at radius 1 is 0.906 bits per heavy atom. The predicted octanol–water partition coefficient (Wildman–Crippen LogP) is 4.84. The minimum Gasteiger partial charge on any atom is -0.459 e. The third-order valence-corrected chi connectivity index (χ3v) is 6.64. The highest BCUT2D eigenvalue weighted by atomic mass is 32.1. The maximum atomic E-state index is 13.1. The van der Waals surface area contributed by atoms with Crippen LogP contribution in [0.2, 0.25) is 0 Å². The highest BCUT2D eigenvalue weighted by molar-refractivity contribution is 7.18. The SMILES string of the molecule is Cc1cc(NC(=O)c2ccco2)sc1C(=O)NNC(=O)c1ccc(-c2ccc(F)cc2)s1. The van der Waals surface area contributed by atoms with Crippen LogP contribution in [-0.4, -0.2) is 17.7 Å². The summed E-state index contributed by atoms with van der Waals surface area (Å²) in [6.07, 6.45) is 1.40. The fourth-order valence-corrected chi connectivity index (χ4v) is 4.68. The molecule has 0 aliphatic carbocycles. The zero-order chi connectivity index (χ0) is 22.7. The van der Waals surface area contributed by atoms with E-state index in [4.69, 9.17) is 4.42 Å². The molecular weight excluding hydrogens is 453 g/mol. The van der Waals surface area contributed by atoms with E-state index in [0.29, 0.717) is 20.3 Å². The van der Waals surface area contributed by atoms with Crippen molar-refractivity contribution >= 4 is 45.4 Å². The van der Waals surface area contributed by atoms with E-state index >= 15 is 0 Å². The maximum Gasteiger partial charge on any atom is 0.291 e. The molecule has 162 valence electrons. The number of hydrogen-bond donors (Lipinski definition) is 3. The highest BCUT2D eigenvalue weighted by Crippen LogP contribution is 2.29. The monoisotopic (exact) mass is 469 g/mol. The number of benzene rings is 1. The van der Waals surface area contributed by atoms with Gasteiger partial charge in [0.25, 0.3) is 17.7 Å². The number of rotatable bonds is 5. The van der Waals surface area contributed by atoms with Crippen LogP contribution in [0, 0.1) is 12.7 Å². The van der Waals surface area contributed by atoms with Crippen LogP contribution in [0.4, 0.5) is 9.39 Å². The number of thiophene rings is 2. The normalized spacial score (nSPS) is 10.6. The van der Waals surface area contributed by atoms with Gasteiger partial charge in [-0.25, -0.2) is 4.39 Å². The van der Waals surface area contributed by atoms with Crippen molar-refractivity contribution in [2.75, 3.05) is 5.32 Å². The number of nitrogens with one attached hydrogen (secondary N) is 3. The largest absolute Gasteiger partial charge is 0.459 e. The lowest BCUT2D eigenvalue weighted by Crippen LogP contribution is -2.41. The Balaban J connectivity index is 1.36. The Hall–Kier alpha value is -3.76. The van der Waals surface area contributed by atoms with E-state index in [9.17, 15) is 18.8 Å². The first kappa shape index (κ1) is 21.5. The summed E-state index contributed by atoms with van der Waals surface area (Å²) in [5.41, 5.74) is 6.21. The molecule has 0 spiro atoms. The molecule has 1 aromatic carbocycles. The second-order valence-corrected chi connectivity index (χ2v) is 8.77. The summed E-state index contributed by atoms with van der Waals surface area (Å²) in [7, 11) is 0. The van der Waals surface area contributed by atoms with E-state index in [1.54, 1.807) is 43.3 Å². The van der Waals surface area contributed by atoms with Gasteiger partial charge in [-0.3, -0.25) is 25.2 Å². The maximum absolute atomic E-state index is 13.1. The molecule has 0 saturated carbocycles. The van der Waals surface area contributed by atoms with E-state index in [-0.39, 0.29) is 11.6 Å². The summed E-state index contributed by atoms with van der Waals surface area (Å²) in [6.45, 7) is 1.73. The van der Waals surface area contributed by atoms with Gasteiger partial charge in [-0.15, -0.1) is 22.7 Å². The number of furan rings is 1. The van der Waals surface area contributed by atoms with Crippen LogP contribution in [0.5, 0.6) is 0 Å². The predicted molar refractivity (Wildman–Crippen MR) is 120 cm³/mol. The van der Waals surface area contributed by atoms with Crippen molar-refractivity contribution in [3.8, 4) is 10.4 Å². The van der Waals surface area contributed by atoms with Gasteiger partial charge in [0.15, 0.2) is 5.76 Å². The third-order valence-electron chi connectivity index (χ3n) is 4.35. The van der Waals surface area contributed by atoms with Gasteiger partial charge in [0.05, 0.1) is 21.0 Å². The lowest BCUT2D eigenvalue weighted by Gasteiger charge is -2.05. The molecule has 0 fully saturated rings. The summed E-state index contributed by atoms with van der Waals surface area (Å²) < 4.78 is 18.1. The van der Waals surface area contributed by atoms with Gasteiger partial charge in [-0.2, -0.15) is 0 Å². The van der Waals surface area contributed by atoms with Gasteiger partial charge in [0, 0.05) is 4.88 Å². The minimum absolute atomic E-state index is 0.158. The fraction of sp³-hybridized carbons (Fsp3) is 0.0455. The average Bonchev–Trinajstić information content (AvgIpc) is 3.53. The second kappa shape index (κ2) is 9.16. The first-order valence-electron chi connectivity index (χ1n) is 9.32. The molecule has 3 amide bonds. The van der Waals surface area contributed by atoms with E-state index in [0.717, 1.165) is 21.8 Å². The molecule has 4 aromatic rings. The van der Waals surface area contributed by atoms with Crippen LogP contribution >= 0.6 is 22.7 Å². The molecular formula is C22H16FN3O4S2. The Labute approximate surface area is 189 Å². The number of hydrazine groups is 1. The van der Waals surface area contributed by atoms with Crippen molar-refractivity contribution in [2.24, 2.45) is 0 Å². The van der Waals surface area contributed by atoms with Gasteiger partial charge in [0.2, 0.25) is 0 Å². The van der Waals surface area contributed by atoms with Crippen LogP contribution in [-0.2, 0) is 0 Å². The van der Waals surface area contributed by atoms with Crippen molar-refractivity contribution in [3.05, 3.63) is 87.8 Å². The quantitative estimate of drug-likeness (QED) is 0.364. The molecule has 0 saturated heterocycles. The summed E-state index contributed by atoms with van der Waals surface area (Å²) in [4.78, 5) is 38.5. The topological polar surface area (TPSA) is 100 Å². The lowest BCUT2D eigenvalue weighted by atomic mass is 10.2. The summed E-state index contributed by atoms with van der Waals surface area (Å²) in [6, 6.07) is 14.1. The zero-order valence-electron chi connectivity index (χ0n) is 16.6. The van der Waals surface area contributed by atoms with Gasteiger partial charge >= 0.3 is 0 Å². The molecule has 0 aliphatic rings. The lowest BCUT2D eigenvalue weighted by molar-refractivity contribution is 0.0851. The molecule has 0 bridgehead atoms. The molecule has 0 atom stereocenters. The first-order chi connectivity index (χ1) is 15.4. The van der Waals surface area contributed by atoms with Crippen molar-refractivity contribution in [1.82, 2.24) is 10.9 Å². The van der Waals surface area contributed by atoms with Crippen molar-refractivity contribution in [3.63, 3.8) is 0 Å². The molecule has 3 heterocycles. The molecule has 4 rings (SSSR count). The van der Waals surface area contributed by atoms with E-state index in [1.807, 2.05) is 0 Å². The van der Waals surface area contributed by atoms with Gasteiger partial charge in [0.1, 0.15) is 5.82 Å². The van der Waals surface area contributed by atoms with Gasteiger partial charge in [-0.1, -0.05) is 12.1 Å². The van der Waals surface area contributed by atoms with E-state index in [1.165, 1.54) is 35.8 Å². The first-order valence-corrected chi connectivity index (χ1v) is 11.0. The average molecular weight is 470 g/mol. The van der Waals surface area contributed by atoms with Gasteiger partial charge < -0.3 is 9.73 Å². The molecule has 10 heteroatoms. The zero-order valence-corrected chi connectivity index (χ0v) is 18.2. The Morgan fingerprint density at radius 2 is 1.66 bits per heavy atom. The van der Waals surface area contributed by atoms with Crippen molar-refractivity contribution in [1.29, 1.82) is 0 Å². The smallest absolute Gasteiger partial charge is 0.291 e. The third kappa shape index (κ3) is 4.76. The van der Waals surface area contributed by atoms with Gasteiger partial charge in [-0.05, 0) is 60.5 Å². The Morgan fingerprint density at radius 3 is 2.38 bits per heavy atom. The summed E-state index contributed by atoms with van der Waals surface area (Å²) >= 11 is 2.30. The standard InChI is InChI=1S/C22H16FN3O4S2/c1-12-11-18(24-20(27)15-3-2-10-30-15)32-19(12)22(29)26-25-21(28)17-9-8-16(31-17)13-4-6-14(23)7-5-13/h2-11H,1H3,(H,24,27)(H,25,28)(H,26,29). The second-order valence-electron chi connectivity index (χ2n) is 6.63. The number of halogens is 1. The van der Waals surface area contributed by atoms with Crippen molar-refractivity contribution < 1.29 is 23.2 Å². The number of amides is 3.